The minimum Gasteiger partial charge on any atom is -0.425 e. The van der Waals surface area contributed by atoms with Gasteiger partial charge < -0.3 is 19.1 Å². The second kappa shape index (κ2) is 11.7. The Labute approximate surface area is 243 Å². The lowest BCUT2D eigenvalue weighted by Gasteiger charge is -2.40. The summed E-state index contributed by atoms with van der Waals surface area (Å²) >= 11 is 3.70. The molecule has 3 heterocycles. The minimum atomic E-state index is -1.02. The van der Waals surface area contributed by atoms with Crippen LogP contribution in [0.4, 0.5) is 4.79 Å². The number of carbonyl (C=O) groups is 3. The SMILES string of the molecule is CCN(CC)C(=O)[C@@H]1C=C2c3cccc4c3c(c(Br)n4C(=O)OC(OC(=O)C3CCOC3)C(C)C)C[C@H]2N(C)C1. The Balaban J connectivity index is 1.48. The fourth-order valence-electron chi connectivity index (χ4n) is 6.08. The molecule has 2 unspecified atom stereocenters. The van der Waals surface area contributed by atoms with E-state index in [-0.39, 0.29) is 29.7 Å². The summed E-state index contributed by atoms with van der Waals surface area (Å²) in [6.07, 6.45) is 1.78. The van der Waals surface area contributed by atoms with Gasteiger partial charge in [0.05, 0.1) is 28.6 Å². The van der Waals surface area contributed by atoms with E-state index in [1.54, 1.807) is 0 Å². The van der Waals surface area contributed by atoms with Gasteiger partial charge in [-0.1, -0.05) is 32.1 Å². The topological polar surface area (TPSA) is 90.3 Å². The number of halogens is 1. The van der Waals surface area contributed by atoms with Gasteiger partial charge >= 0.3 is 12.1 Å². The number of likely N-dealkylation sites (N-methyl/N-ethyl adjacent to an activating group) is 1. The van der Waals surface area contributed by atoms with Gasteiger partial charge in [0, 0.05) is 43.6 Å². The molecule has 10 heteroatoms. The summed E-state index contributed by atoms with van der Waals surface area (Å²) < 4.78 is 18.9. The fraction of sp³-hybridized carbons (Fsp3) is 0.567. The quantitative estimate of drug-likeness (QED) is 0.330. The molecule has 9 nitrogen and oxygen atoms in total. The van der Waals surface area contributed by atoms with Crippen molar-refractivity contribution < 1.29 is 28.6 Å². The van der Waals surface area contributed by atoms with Crippen LogP contribution in [0, 0.1) is 17.8 Å². The number of ether oxygens (including phenoxy) is 3. The van der Waals surface area contributed by atoms with E-state index in [1.165, 1.54) is 4.57 Å². The fourth-order valence-corrected chi connectivity index (χ4v) is 6.77. The first-order valence-electron chi connectivity index (χ1n) is 14.2. The van der Waals surface area contributed by atoms with Crippen molar-refractivity contribution in [2.75, 3.05) is 39.9 Å². The Morgan fingerprint density at radius 1 is 1.18 bits per heavy atom. The van der Waals surface area contributed by atoms with Gasteiger partial charge in [-0.05, 0) is 72.4 Å². The zero-order valence-corrected chi connectivity index (χ0v) is 25.4. The van der Waals surface area contributed by atoms with Crippen LogP contribution >= 0.6 is 15.9 Å². The Morgan fingerprint density at radius 3 is 2.58 bits per heavy atom. The Kier molecular flexibility index (Phi) is 8.40. The third-order valence-electron chi connectivity index (χ3n) is 8.33. The monoisotopic (exact) mass is 615 g/mol. The van der Waals surface area contributed by atoms with Crippen molar-refractivity contribution in [1.29, 1.82) is 0 Å². The lowest BCUT2D eigenvalue weighted by atomic mass is 9.79. The van der Waals surface area contributed by atoms with Crippen LogP contribution in [0.15, 0.2) is 28.9 Å². The van der Waals surface area contributed by atoms with Crippen molar-refractivity contribution >= 4 is 50.4 Å². The number of hydrogen-bond donors (Lipinski definition) is 0. The number of carbonyl (C=O) groups excluding carboxylic acids is 3. The second-order valence-corrected chi connectivity index (χ2v) is 11.9. The zero-order chi connectivity index (χ0) is 28.7. The summed E-state index contributed by atoms with van der Waals surface area (Å²) in [5.41, 5.74) is 3.86. The van der Waals surface area contributed by atoms with Gasteiger partial charge in [-0.3, -0.25) is 14.5 Å². The summed E-state index contributed by atoms with van der Waals surface area (Å²) in [5.74, 6) is -1.07. The van der Waals surface area contributed by atoms with Gasteiger partial charge in [-0.15, -0.1) is 0 Å². The molecule has 0 N–H and O–H groups in total. The highest BCUT2D eigenvalue weighted by Crippen LogP contribution is 2.45. The van der Waals surface area contributed by atoms with Crippen molar-refractivity contribution in [3.8, 4) is 0 Å². The molecule has 0 radical (unpaired) electrons. The predicted octanol–water partition coefficient (Wildman–Crippen LogP) is 4.69. The summed E-state index contributed by atoms with van der Waals surface area (Å²) in [6.45, 7) is 10.6. The highest BCUT2D eigenvalue weighted by Gasteiger charge is 2.39. The Bertz CT molecular complexity index is 1340. The molecule has 1 aliphatic carbocycles. The van der Waals surface area contributed by atoms with Gasteiger partial charge in [-0.2, -0.15) is 0 Å². The van der Waals surface area contributed by atoms with Crippen molar-refractivity contribution in [2.24, 2.45) is 17.8 Å². The van der Waals surface area contributed by atoms with Crippen molar-refractivity contribution in [3.05, 3.63) is 40.0 Å². The number of rotatable bonds is 7. The lowest BCUT2D eigenvalue weighted by Crippen LogP contribution is -2.47. The molecule has 4 atom stereocenters. The van der Waals surface area contributed by atoms with E-state index in [9.17, 15) is 14.4 Å². The molecule has 5 rings (SSSR count). The average Bonchev–Trinajstić information content (AvgIpc) is 3.57. The van der Waals surface area contributed by atoms with E-state index in [0.717, 1.165) is 22.1 Å². The van der Waals surface area contributed by atoms with Gasteiger partial charge in [0.1, 0.15) is 0 Å². The molecule has 1 saturated heterocycles. The normalized spacial score (nSPS) is 23.1. The molecule has 216 valence electrons. The number of aromatic nitrogens is 1. The van der Waals surface area contributed by atoms with Crippen LogP contribution in [0.5, 0.6) is 0 Å². The number of esters is 1. The molecule has 2 aliphatic heterocycles. The van der Waals surface area contributed by atoms with Gasteiger partial charge in [0.15, 0.2) is 0 Å². The minimum absolute atomic E-state index is 0.0834. The molecule has 1 amide bonds. The van der Waals surface area contributed by atoms with Crippen molar-refractivity contribution in [1.82, 2.24) is 14.4 Å². The zero-order valence-electron chi connectivity index (χ0n) is 23.8. The number of benzene rings is 1. The van der Waals surface area contributed by atoms with Crippen molar-refractivity contribution in [3.63, 3.8) is 0 Å². The second-order valence-electron chi connectivity index (χ2n) is 11.2. The number of hydrogen-bond acceptors (Lipinski definition) is 7. The van der Waals surface area contributed by atoms with Gasteiger partial charge in [-0.25, -0.2) is 9.36 Å². The number of nitrogens with zero attached hydrogens (tertiary/aromatic N) is 3. The first kappa shape index (κ1) is 28.8. The maximum Gasteiger partial charge on any atom is 0.422 e. The molecule has 0 saturated carbocycles. The highest BCUT2D eigenvalue weighted by atomic mass is 79.9. The third-order valence-corrected chi connectivity index (χ3v) is 9.16. The molecular weight excluding hydrogens is 578 g/mol. The molecule has 1 fully saturated rings. The largest absolute Gasteiger partial charge is 0.425 e. The average molecular weight is 617 g/mol. The van der Waals surface area contributed by atoms with Crippen LogP contribution in [0.25, 0.3) is 16.5 Å². The number of amides is 1. The molecular formula is C30H38BrN3O6. The number of fused-ring (bicyclic) bond motifs is 2. The molecule has 0 bridgehead atoms. The van der Waals surface area contributed by atoms with E-state index < -0.39 is 18.4 Å². The van der Waals surface area contributed by atoms with Crippen LogP contribution in [0.2, 0.25) is 0 Å². The molecule has 0 spiro atoms. The van der Waals surface area contributed by atoms with Crippen LogP contribution < -0.4 is 0 Å². The Hall–Kier alpha value is -2.69. The van der Waals surface area contributed by atoms with E-state index in [1.807, 2.05) is 44.7 Å². The summed E-state index contributed by atoms with van der Waals surface area (Å²) in [5, 5.41) is 0.972. The first-order valence-corrected chi connectivity index (χ1v) is 15.0. The first-order chi connectivity index (χ1) is 19.2. The lowest BCUT2D eigenvalue weighted by molar-refractivity contribution is -0.179. The standard InChI is InChI=1S/C30H38BrN3O6/c1-6-33(7-2)27(35)19-13-21-20-9-8-10-23-25(20)22(14-24(21)32(5)15-19)26(31)34(23)30(37)40-29(17(3)4)39-28(36)18-11-12-38-16-18/h8-10,13,17-19,24,29H,6-7,11-12,14-16H2,1-5H3/t18?,19-,24-,29?/m1/s1. The van der Waals surface area contributed by atoms with Crippen LogP contribution in [-0.4, -0.2) is 84.6 Å². The van der Waals surface area contributed by atoms with E-state index in [4.69, 9.17) is 14.2 Å². The van der Waals surface area contributed by atoms with Gasteiger partial charge in [0.25, 0.3) is 6.29 Å². The van der Waals surface area contributed by atoms with Crippen molar-refractivity contribution in [2.45, 2.75) is 52.9 Å². The molecule has 3 aliphatic rings. The van der Waals surface area contributed by atoms with Crippen LogP contribution in [0.3, 0.4) is 0 Å². The van der Waals surface area contributed by atoms with E-state index in [0.29, 0.717) is 55.8 Å². The molecule has 40 heavy (non-hydrogen) atoms. The highest BCUT2D eigenvalue weighted by molar-refractivity contribution is 9.10. The maximum atomic E-state index is 13.6. The maximum absolute atomic E-state index is 13.6. The predicted molar refractivity (Wildman–Crippen MR) is 155 cm³/mol. The summed E-state index contributed by atoms with van der Waals surface area (Å²) in [6, 6.07) is 5.97. The molecule has 2 aromatic rings. The van der Waals surface area contributed by atoms with Crippen LogP contribution in [-0.2, 0) is 30.2 Å². The van der Waals surface area contributed by atoms with E-state index in [2.05, 4.69) is 40.0 Å². The third kappa shape index (κ3) is 5.10. The van der Waals surface area contributed by atoms with E-state index >= 15 is 0 Å². The smallest absolute Gasteiger partial charge is 0.422 e. The molecule has 1 aromatic carbocycles. The summed E-state index contributed by atoms with van der Waals surface area (Å²) in [4.78, 5) is 43.7. The summed E-state index contributed by atoms with van der Waals surface area (Å²) in [7, 11) is 2.06. The Morgan fingerprint density at radius 2 is 1.93 bits per heavy atom. The van der Waals surface area contributed by atoms with Crippen LogP contribution in [0.1, 0.15) is 45.2 Å². The molecule has 1 aromatic heterocycles. The van der Waals surface area contributed by atoms with Gasteiger partial charge in [0.2, 0.25) is 5.91 Å².